The van der Waals surface area contributed by atoms with Crippen LogP contribution in [-0.4, -0.2) is 40.8 Å². The quantitative estimate of drug-likeness (QED) is 0.514. The highest BCUT2D eigenvalue weighted by Gasteiger charge is 2.16. The second-order valence-electron chi connectivity index (χ2n) is 5.05. The molecule has 9 heteroatoms. The number of ether oxygens (including phenoxy) is 2. The van der Waals surface area contributed by atoms with Gasteiger partial charge in [-0.25, -0.2) is 9.97 Å². The lowest BCUT2D eigenvalue weighted by molar-refractivity contribution is 0.100. The average molecular weight is 359 g/mol. The van der Waals surface area contributed by atoms with Gasteiger partial charge in [0.15, 0.2) is 10.8 Å². The number of carbonyl (C=O) groups excluding carboxylic acids is 1. The van der Waals surface area contributed by atoms with Gasteiger partial charge in [0.05, 0.1) is 20.4 Å². The lowest BCUT2D eigenvalue weighted by Crippen LogP contribution is -2.14. The van der Waals surface area contributed by atoms with Gasteiger partial charge in [0.2, 0.25) is 0 Å². The molecule has 3 N–H and O–H groups in total. The first-order valence-corrected chi connectivity index (χ1v) is 8.50. The Morgan fingerprint density at radius 1 is 1.16 bits per heavy atom. The minimum atomic E-state index is -0.578. The summed E-state index contributed by atoms with van der Waals surface area (Å²) in [4.78, 5) is 20.2. The van der Waals surface area contributed by atoms with Crippen molar-refractivity contribution in [3.8, 4) is 11.5 Å². The fraction of sp³-hybridized carbons (Fsp3) is 0.188. The molecule has 1 amide bonds. The number of fused-ring (bicyclic) bond motifs is 1. The molecular formula is C16H17N5O3S. The monoisotopic (exact) mass is 359 g/mol. The second-order valence-corrected chi connectivity index (χ2v) is 5.83. The normalized spacial score (nSPS) is 10.7. The van der Waals surface area contributed by atoms with E-state index in [0.717, 1.165) is 5.69 Å². The minimum absolute atomic E-state index is 0.258. The van der Waals surface area contributed by atoms with Crippen LogP contribution in [0.1, 0.15) is 10.4 Å². The Kier molecular flexibility index (Phi) is 4.66. The van der Waals surface area contributed by atoms with E-state index < -0.39 is 5.91 Å². The molecule has 0 radical (unpaired) electrons. The van der Waals surface area contributed by atoms with Crippen LogP contribution in [0, 0.1) is 0 Å². The molecule has 2 aromatic heterocycles. The van der Waals surface area contributed by atoms with Crippen molar-refractivity contribution in [2.75, 3.05) is 25.8 Å². The van der Waals surface area contributed by atoms with E-state index in [1.165, 1.54) is 18.0 Å². The third-order valence-corrected chi connectivity index (χ3v) is 4.22. The smallest absolute Gasteiger partial charge is 0.254 e. The number of anilines is 2. The van der Waals surface area contributed by atoms with Crippen molar-refractivity contribution in [3.05, 3.63) is 36.2 Å². The Hall–Kier alpha value is -2.94. The van der Waals surface area contributed by atoms with E-state index in [4.69, 9.17) is 15.2 Å². The number of imidazole rings is 1. The molecule has 0 aliphatic carbocycles. The van der Waals surface area contributed by atoms with Gasteiger partial charge in [0.25, 0.3) is 5.91 Å². The summed E-state index contributed by atoms with van der Waals surface area (Å²) in [5.74, 6) is 1.36. The van der Waals surface area contributed by atoms with Crippen molar-refractivity contribution in [1.82, 2.24) is 14.4 Å². The van der Waals surface area contributed by atoms with E-state index in [2.05, 4.69) is 15.3 Å². The number of hydrogen-bond donors (Lipinski definition) is 2. The Bertz CT molecular complexity index is 919. The van der Waals surface area contributed by atoms with Crippen molar-refractivity contribution in [2.45, 2.75) is 5.16 Å². The van der Waals surface area contributed by atoms with Gasteiger partial charge in [-0.3, -0.25) is 9.20 Å². The van der Waals surface area contributed by atoms with Gasteiger partial charge in [0.1, 0.15) is 22.9 Å². The molecule has 0 saturated carbocycles. The number of hydrogen-bond acceptors (Lipinski definition) is 7. The van der Waals surface area contributed by atoms with Crippen LogP contribution in [0.5, 0.6) is 11.5 Å². The largest absolute Gasteiger partial charge is 0.497 e. The predicted octanol–water partition coefficient (Wildman–Crippen LogP) is 2.31. The van der Waals surface area contributed by atoms with Crippen LogP contribution in [0.25, 0.3) is 5.65 Å². The molecule has 0 unspecified atom stereocenters. The van der Waals surface area contributed by atoms with E-state index in [1.807, 2.05) is 18.4 Å². The van der Waals surface area contributed by atoms with Crippen LogP contribution in [0.2, 0.25) is 0 Å². The van der Waals surface area contributed by atoms with Gasteiger partial charge in [-0.05, 0) is 6.26 Å². The topological polar surface area (TPSA) is 104 Å². The molecule has 0 fully saturated rings. The maximum absolute atomic E-state index is 11.6. The molecule has 0 atom stereocenters. The number of amides is 1. The van der Waals surface area contributed by atoms with Crippen LogP contribution in [-0.2, 0) is 0 Å². The Morgan fingerprint density at radius 3 is 2.40 bits per heavy atom. The highest BCUT2D eigenvalue weighted by Crippen LogP contribution is 2.30. The molecule has 130 valence electrons. The van der Waals surface area contributed by atoms with E-state index >= 15 is 0 Å². The molecule has 3 rings (SSSR count). The third kappa shape index (κ3) is 3.18. The predicted molar refractivity (Wildman–Crippen MR) is 96.1 cm³/mol. The van der Waals surface area contributed by atoms with Crippen LogP contribution >= 0.6 is 11.8 Å². The number of methoxy groups -OCH3 is 2. The first-order chi connectivity index (χ1) is 12.1. The van der Waals surface area contributed by atoms with Gasteiger partial charge in [-0.2, -0.15) is 0 Å². The number of rotatable bonds is 6. The van der Waals surface area contributed by atoms with Crippen LogP contribution in [0.3, 0.4) is 0 Å². The molecule has 8 nitrogen and oxygen atoms in total. The number of nitrogens with two attached hydrogens (primary N) is 1. The molecule has 0 aliphatic rings. The summed E-state index contributed by atoms with van der Waals surface area (Å²) in [6.07, 6.45) is 4.95. The highest BCUT2D eigenvalue weighted by atomic mass is 32.2. The van der Waals surface area contributed by atoms with Crippen molar-refractivity contribution >= 4 is 34.8 Å². The molecule has 1 aromatic carbocycles. The SMILES string of the molecule is COc1cc(Nc2cnc3c(C(N)=O)cnc(SC)n23)cc(OC)c1. The van der Waals surface area contributed by atoms with Gasteiger partial charge >= 0.3 is 0 Å². The maximum atomic E-state index is 11.6. The molecule has 0 spiro atoms. The molecule has 25 heavy (non-hydrogen) atoms. The number of primary amides is 1. The highest BCUT2D eigenvalue weighted by molar-refractivity contribution is 7.98. The van der Waals surface area contributed by atoms with E-state index in [0.29, 0.717) is 28.1 Å². The maximum Gasteiger partial charge on any atom is 0.254 e. The average Bonchev–Trinajstić information content (AvgIpc) is 3.04. The number of nitrogens with one attached hydrogen (secondary N) is 1. The molecule has 3 aromatic rings. The lowest BCUT2D eigenvalue weighted by atomic mass is 10.2. The van der Waals surface area contributed by atoms with Crippen LogP contribution in [0.4, 0.5) is 11.5 Å². The molecule has 0 bridgehead atoms. The lowest BCUT2D eigenvalue weighted by Gasteiger charge is -2.12. The van der Waals surface area contributed by atoms with E-state index in [-0.39, 0.29) is 5.56 Å². The number of carbonyl (C=O) groups is 1. The first-order valence-electron chi connectivity index (χ1n) is 7.27. The fourth-order valence-corrected chi connectivity index (χ4v) is 2.93. The van der Waals surface area contributed by atoms with E-state index in [1.54, 1.807) is 30.9 Å². The Balaban J connectivity index is 2.11. The fourth-order valence-electron chi connectivity index (χ4n) is 2.40. The van der Waals surface area contributed by atoms with Gasteiger partial charge in [0, 0.05) is 30.1 Å². The standard InChI is InChI=1S/C16H17N5O3S/c1-23-10-4-9(5-11(6-10)24-2)20-13-8-18-15-12(14(17)22)7-19-16(25-3)21(13)15/h4-8,20H,1-3H3,(H2,17,22). The van der Waals surface area contributed by atoms with Gasteiger partial charge < -0.3 is 20.5 Å². The molecular weight excluding hydrogens is 342 g/mol. The van der Waals surface area contributed by atoms with Gasteiger partial charge in [-0.15, -0.1) is 0 Å². The van der Waals surface area contributed by atoms with Crippen LogP contribution < -0.4 is 20.5 Å². The zero-order valence-electron chi connectivity index (χ0n) is 13.9. The van der Waals surface area contributed by atoms with Crippen LogP contribution in [0.15, 0.2) is 35.7 Å². The van der Waals surface area contributed by atoms with E-state index in [9.17, 15) is 4.79 Å². The van der Waals surface area contributed by atoms with Crippen molar-refractivity contribution in [1.29, 1.82) is 0 Å². The number of benzene rings is 1. The molecule has 0 saturated heterocycles. The second kappa shape index (κ2) is 6.89. The minimum Gasteiger partial charge on any atom is -0.497 e. The summed E-state index contributed by atoms with van der Waals surface area (Å²) in [6.45, 7) is 0. The molecule has 0 aliphatic heterocycles. The first kappa shape index (κ1) is 16.9. The Morgan fingerprint density at radius 2 is 1.84 bits per heavy atom. The summed E-state index contributed by atoms with van der Waals surface area (Å²) in [5.41, 5.74) is 6.87. The number of thioether (sulfide) groups is 1. The summed E-state index contributed by atoms with van der Waals surface area (Å²) < 4.78 is 12.3. The molecule has 2 heterocycles. The van der Waals surface area contributed by atoms with Gasteiger partial charge in [-0.1, -0.05) is 11.8 Å². The van der Waals surface area contributed by atoms with Crippen molar-refractivity contribution in [3.63, 3.8) is 0 Å². The zero-order valence-corrected chi connectivity index (χ0v) is 14.8. The summed E-state index contributed by atoms with van der Waals surface area (Å²) >= 11 is 1.43. The van der Waals surface area contributed by atoms with Crippen molar-refractivity contribution < 1.29 is 14.3 Å². The summed E-state index contributed by atoms with van der Waals surface area (Å²) in [5, 5.41) is 3.93. The third-order valence-electron chi connectivity index (χ3n) is 3.57. The number of nitrogens with zero attached hydrogens (tertiary/aromatic N) is 3. The van der Waals surface area contributed by atoms with Crippen molar-refractivity contribution in [2.24, 2.45) is 5.73 Å². The summed E-state index contributed by atoms with van der Waals surface area (Å²) in [7, 11) is 3.17. The zero-order chi connectivity index (χ0) is 18.0. The number of aromatic nitrogens is 3. The Labute approximate surface area is 148 Å². The summed E-state index contributed by atoms with van der Waals surface area (Å²) in [6, 6.07) is 5.43.